The minimum atomic E-state index is -2.35. The van der Waals surface area contributed by atoms with Gasteiger partial charge in [-0.3, -0.25) is 4.68 Å². The third-order valence-corrected chi connectivity index (χ3v) is 2.68. The van der Waals surface area contributed by atoms with Gasteiger partial charge < -0.3 is 5.32 Å². The Morgan fingerprint density at radius 2 is 2.12 bits per heavy atom. The Labute approximate surface area is 94.8 Å². The number of halogens is 2. The molecule has 0 saturated carbocycles. The molecule has 1 unspecified atom stereocenters. The lowest BCUT2D eigenvalue weighted by Gasteiger charge is -2.15. The van der Waals surface area contributed by atoms with Gasteiger partial charge in [-0.05, 0) is 26.5 Å². The van der Waals surface area contributed by atoms with E-state index >= 15 is 0 Å². The van der Waals surface area contributed by atoms with Gasteiger partial charge in [0.25, 0.3) is 6.43 Å². The normalized spacial score (nSPS) is 13.4. The van der Waals surface area contributed by atoms with Gasteiger partial charge in [-0.1, -0.05) is 6.92 Å². The van der Waals surface area contributed by atoms with Gasteiger partial charge in [0.1, 0.15) is 0 Å². The first-order chi connectivity index (χ1) is 7.62. The Balaban J connectivity index is 2.81. The zero-order chi connectivity index (χ0) is 12.1. The molecule has 1 N–H and O–H groups in total. The van der Waals surface area contributed by atoms with Crippen molar-refractivity contribution < 1.29 is 8.78 Å². The quantitative estimate of drug-likeness (QED) is 0.810. The van der Waals surface area contributed by atoms with E-state index in [0.717, 1.165) is 24.4 Å². The van der Waals surface area contributed by atoms with E-state index in [0.29, 0.717) is 6.42 Å². The Bertz CT molecular complexity index is 323. The summed E-state index contributed by atoms with van der Waals surface area (Å²) in [4.78, 5) is 0. The number of likely N-dealkylation sites (N-methyl/N-ethyl adjacent to an activating group) is 1. The molecule has 0 radical (unpaired) electrons. The van der Waals surface area contributed by atoms with Crippen LogP contribution < -0.4 is 5.32 Å². The van der Waals surface area contributed by atoms with Crippen molar-refractivity contribution in [2.75, 3.05) is 7.05 Å². The lowest BCUT2D eigenvalue weighted by Crippen LogP contribution is -2.35. The van der Waals surface area contributed by atoms with E-state index in [9.17, 15) is 8.78 Å². The first kappa shape index (κ1) is 13.1. The molecule has 92 valence electrons. The summed E-state index contributed by atoms with van der Waals surface area (Å²) in [7, 11) is 1.56. The third kappa shape index (κ3) is 3.01. The molecule has 0 fully saturated rings. The molecule has 0 spiro atoms. The van der Waals surface area contributed by atoms with Crippen LogP contribution in [0.4, 0.5) is 8.78 Å². The van der Waals surface area contributed by atoms with Gasteiger partial charge in [-0.15, -0.1) is 0 Å². The maximum Gasteiger partial charge on any atom is 0.254 e. The molecule has 0 saturated heterocycles. The standard InChI is InChI=1S/C11H19F2N3/c1-4-8-6-9(16(5-2)15-8)7-10(14-3)11(12)13/h6,10-11,14H,4-5,7H2,1-3H3. The average Bonchev–Trinajstić information content (AvgIpc) is 2.67. The lowest BCUT2D eigenvalue weighted by atomic mass is 10.1. The highest BCUT2D eigenvalue weighted by molar-refractivity contribution is 5.12. The van der Waals surface area contributed by atoms with Gasteiger partial charge in [-0.2, -0.15) is 5.10 Å². The number of hydrogen-bond donors (Lipinski definition) is 1. The molecule has 0 aliphatic carbocycles. The summed E-state index contributed by atoms with van der Waals surface area (Å²) < 4.78 is 27.0. The van der Waals surface area contributed by atoms with Crippen LogP contribution in [0.5, 0.6) is 0 Å². The Morgan fingerprint density at radius 1 is 1.44 bits per heavy atom. The Hall–Kier alpha value is -0.970. The van der Waals surface area contributed by atoms with Gasteiger partial charge >= 0.3 is 0 Å². The van der Waals surface area contributed by atoms with Crippen LogP contribution in [-0.4, -0.2) is 29.3 Å². The summed E-state index contributed by atoms with van der Waals surface area (Å²) >= 11 is 0. The second-order valence-corrected chi connectivity index (χ2v) is 3.73. The maximum atomic E-state index is 12.6. The molecule has 5 heteroatoms. The van der Waals surface area contributed by atoms with Crippen LogP contribution in [0, 0.1) is 0 Å². The molecule has 1 atom stereocenters. The number of nitrogens with zero attached hydrogens (tertiary/aromatic N) is 2. The van der Waals surface area contributed by atoms with Crippen LogP contribution >= 0.6 is 0 Å². The molecular weight excluding hydrogens is 212 g/mol. The topological polar surface area (TPSA) is 29.9 Å². The van der Waals surface area contributed by atoms with E-state index in [4.69, 9.17) is 0 Å². The summed E-state index contributed by atoms with van der Waals surface area (Å²) in [5.41, 5.74) is 1.83. The van der Waals surface area contributed by atoms with Gasteiger partial charge in [0.2, 0.25) is 0 Å². The van der Waals surface area contributed by atoms with Crippen LogP contribution in [0.15, 0.2) is 6.07 Å². The zero-order valence-corrected chi connectivity index (χ0v) is 10.0. The summed E-state index contributed by atoms with van der Waals surface area (Å²) in [6.07, 6.45) is -1.20. The molecule has 1 heterocycles. The van der Waals surface area contributed by atoms with E-state index in [1.165, 1.54) is 0 Å². The number of hydrogen-bond acceptors (Lipinski definition) is 2. The maximum absolute atomic E-state index is 12.6. The minimum Gasteiger partial charge on any atom is -0.312 e. The molecule has 1 rings (SSSR count). The smallest absolute Gasteiger partial charge is 0.254 e. The number of aromatic nitrogens is 2. The van der Waals surface area contributed by atoms with Gasteiger partial charge in [0.15, 0.2) is 0 Å². The summed E-state index contributed by atoms with van der Waals surface area (Å²) in [6, 6.07) is 1.11. The van der Waals surface area contributed by atoms with Crippen molar-refractivity contribution in [3.05, 3.63) is 17.5 Å². The van der Waals surface area contributed by atoms with Crippen molar-refractivity contribution in [2.45, 2.75) is 45.7 Å². The number of alkyl halides is 2. The van der Waals surface area contributed by atoms with Gasteiger partial charge in [0, 0.05) is 18.7 Å². The van der Waals surface area contributed by atoms with E-state index in [1.54, 1.807) is 11.7 Å². The van der Waals surface area contributed by atoms with Crippen molar-refractivity contribution in [3.63, 3.8) is 0 Å². The molecule has 0 aliphatic heterocycles. The van der Waals surface area contributed by atoms with Gasteiger partial charge in [0.05, 0.1) is 11.7 Å². The molecule has 0 bridgehead atoms. The highest BCUT2D eigenvalue weighted by Crippen LogP contribution is 2.12. The van der Waals surface area contributed by atoms with E-state index < -0.39 is 12.5 Å². The summed E-state index contributed by atoms with van der Waals surface area (Å²) in [6.45, 7) is 4.69. The lowest BCUT2D eigenvalue weighted by molar-refractivity contribution is 0.101. The fourth-order valence-electron chi connectivity index (χ4n) is 1.67. The summed E-state index contributed by atoms with van der Waals surface area (Å²) in [5, 5.41) is 6.98. The van der Waals surface area contributed by atoms with E-state index in [1.807, 2.05) is 19.9 Å². The van der Waals surface area contributed by atoms with Crippen LogP contribution in [0.3, 0.4) is 0 Å². The molecule has 0 aromatic carbocycles. The van der Waals surface area contributed by atoms with E-state index in [2.05, 4.69) is 10.4 Å². The highest BCUT2D eigenvalue weighted by Gasteiger charge is 2.20. The van der Waals surface area contributed by atoms with E-state index in [-0.39, 0.29) is 0 Å². The highest BCUT2D eigenvalue weighted by atomic mass is 19.3. The monoisotopic (exact) mass is 231 g/mol. The molecule has 0 amide bonds. The van der Waals surface area contributed by atoms with Crippen LogP contribution in [0.25, 0.3) is 0 Å². The molecule has 16 heavy (non-hydrogen) atoms. The average molecular weight is 231 g/mol. The third-order valence-electron chi connectivity index (χ3n) is 2.68. The fraction of sp³-hybridized carbons (Fsp3) is 0.727. The predicted molar refractivity (Wildman–Crippen MR) is 59.8 cm³/mol. The minimum absolute atomic E-state index is 0.314. The molecule has 3 nitrogen and oxygen atoms in total. The number of rotatable bonds is 6. The first-order valence-electron chi connectivity index (χ1n) is 5.63. The number of nitrogens with one attached hydrogen (secondary N) is 1. The predicted octanol–water partition coefficient (Wildman–Crippen LogP) is 1.86. The van der Waals surface area contributed by atoms with Crippen LogP contribution in [0.1, 0.15) is 25.2 Å². The second kappa shape index (κ2) is 5.94. The van der Waals surface area contributed by atoms with Crippen molar-refractivity contribution >= 4 is 0 Å². The molecule has 0 aliphatic rings. The second-order valence-electron chi connectivity index (χ2n) is 3.73. The zero-order valence-electron chi connectivity index (χ0n) is 10.0. The van der Waals surface area contributed by atoms with Crippen LogP contribution in [0.2, 0.25) is 0 Å². The Morgan fingerprint density at radius 3 is 2.56 bits per heavy atom. The Kier molecular flexibility index (Phi) is 4.86. The van der Waals surface area contributed by atoms with Gasteiger partial charge in [-0.25, -0.2) is 8.78 Å². The molecular formula is C11H19F2N3. The fourth-order valence-corrected chi connectivity index (χ4v) is 1.67. The van der Waals surface area contributed by atoms with Crippen molar-refractivity contribution in [1.82, 2.24) is 15.1 Å². The molecule has 1 aromatic heterocycles. The molecule has 1 aromatic rings. The largest absolute Gasteiger partial charge is 0.312 e. The van der Waals surface area contributed by atoms with Crippen molar-refractivity contribution in [3.8, 4) is 0 Å². The van der Waals surface area contributed by atoms with Crippen molar-refractivity contribution in [2.24, 2.45) is 0 Å². The first-order valence-corrected chi connectivity index (χ1v) is 5.63. The SMILES string of the molecule is CCc1cc(CC(NC)C(F)F)n(CC)n1. The number of aryl methyl sites for hydroxylation is 2. The van der Waals surface area contributed by atoms with Crippen molar-refractivity contribution in [1.29, 1.82) is 0 Å². The summed E-state index contributed by atoms with van der Waals surface area (Å²) in [5.74, 6) is 0. The van der Waals surface area contributed by atoms with Crippen LogP contribution in [-0.2, 0) is 19.4 Å².